The van der Waals surface area contributed by atoms with Crippen molar-refractivity contribution in [3.63, 3.8) is 0 Å². The molecule has 0 amide bonds. The third-order valence-electron chi connectivity index (χ3n) is 2.56. The molecular formula is C10H14N2O. The van der Waals surface area contributed by atoms with Crippen molar-refractivity contribution < 1.29 is 4.74 Å². The summed E-state index contributed by atoms with van der Waals surface area (Å²) < 4.78 is 5.32. The number of nitrogens with zero attached hydrogens (tertiary/aromatic N) is 2. The molecule has 1 unspecified atom stereocenters. The van der Waals surface area contributed by atoms with Gasteiger partial charge in [0.15, 0.2) is 0 Å². The molecular weight excluding hydrogens is 164 g/mol. The lowest BCUT2D eigenvalue weighted by Gasteiger charge is -2.22. The van der Waals surface area contributed by atoms with E-state index in [1.54, 1.807) is 7.11 Å². The van der Waals surface area contributed by atoms with Gasteiger partial charge in [0.2, 0.25) is 0 Å². The summed E-state index contributed by atoms with van der Waals surface area (Å²) in [5.74, 6) is 0.870. The number of hydrogen-bond acceptors (Lipinski definition) is 3. The van der Waals surface area contributed by atoms with Crippen molar-refractivity contribution in [2.24, 2.45) is 0 Å². The van der Waals surface area contributed by atoms with Crippen molar-refractivity contribution in [2.45, 2.75) is 32.3 Å². The molecule has 0 N–H and O–H groups in total. The summed E-state index contributed by atoms with van der Waals surface area (Å²) in [6.07, 6.45) is 5.37. The highest BCUT2D eigenvalue weighted by atomic mass is 16.5. The Kier molecular flexibility index (Phi) is 2.27. The van der Waals surface area contributed by atoms with Crippen LogP contribution in [-0.2, 0) is 17.6 Å². The topological polar surface area (TPSA) is 35.0 Å². The number of methoxy groups -OCH3 is 1. The van der Waals surface area contributed by atoms with Crippen LogP contribution in [0.15, 0.2) is 6.20 Å². The predicted octanol–water partition coefficient (Wildman–Crippen LogP) is 1.29. The second kappa shape index (κ2) is 3.42. The van der Waals surface area contributed by atoms with Crippen molar-refractivity contribution >= 4 is 0 Å². The molecule has 1 aliphatic rings. The van der Waals surface area contributed by atoms with Crippen LogP contribution in [-0.4, -0.2) is 23.2 Å². The van der Waals surface area contributed by atoms with Gasteiger partial charge in [-0.15, -0.1) is 0 Å². The highest BCUT2D eigenvalue weighted by molar-refractivity contribution is 5.21. The predicted molar refractivity (Wildman–Crippen MR) is 49.6 cm³/mol. The molecule has 0 radical (unpaired) electrons. The molecule has 3 heteroatoms. The molecule has 0 bridgehead atoms. The summed E-state index contributed by atoms with van der Waals surface area (Å²) in [7, 11) is 1.77. The number of rotatable bonds is 1. The van der Waals surface area contributed by atoms with E-state index in [1.807, 2.05) is 13.1 Å². The Morgan fingerprint density at radius 3 is 3.15 bits per heavy atom. The Morgan fingerprint density at radius 2 is 2.38 bits per heavy atom. The molecule has 0 saturated carbocycles. The molecule has 3 nitrogen and oxygen atoms in total. The molecule has 1 atom stereocenters. The first-order chi connectivity index (χ1) is 6.29. The second-order valence-electron chi connectivity index (χ2n) is 3.49. The number of aromatic nitrogens is 2. The molecule has 0 aliphatic heterocycles. The zero-order valence-electron chi connectivity index (χ0n) is 8.08. The van der Waals surface area contributed by atoms with Crippen LogP contribution in [0.3, 0.4) is 0 Å². The van der Waals surface area contributed by atoms with Crippen LogP contribution in [0, 0.1) is 6.92 Å². The van der Waals surface area contributed by atoms with Crippen LogP contribution >= 0.6 is 0 Å². The Hall–Kier alpha value is -0.960. The van der Waals surface area contributed by atoms with Gasteiger partial charge in [0.25, 0.3) is 0 Å². The lowest BCUT2D eigenvalue weighted by Crippen LogP contribution is -2.22. The fourth-order valence-corrected chi connectivity index (χ4v) is 1.78. The number of hydrogen-bond donors (Lipinski definition) is 0. The molecule has 1 heterocycles. The molecule has 0 spiro atoms. The van der Waals surface area contributed by atoms with Gasteiger partial charge in [0.05, 0.1) is 6.10 Å². The van der Waals surface area contributed by atoms with Gasteiger partial charge in [-0.1, -0.05) is 0 Å². The molecule has 0 fully saturated rings. The number of fused-ring (bicyclic) bond motifs is 1. The summed E-state index contributed by atoms with van der Waals surface area (Å²) in [4.78, 5) is 8.61. The van der Waals surface area contributed by atoms with E-state index < -0.39 is 0 Å². The van der Waals surface area contributed by atoms with Gasteiger partial charge in [-0.05, 0) is 25.3 Å². The van der Waals surface area contributed by atoms with Crippen molar-refractivity contribution in [1.82, 2.24) is 9.97 Å². The maximum absolute atomic E-state index is 5.32. The minimum atomic E-state index is 0.360. The zero-order chi connectivity index (χ0) is 9.26. The minimum Gasteiger partial charge on any atom is -0.381 e. The van der Waals surface area contributed by atoms with Crippen LogP contribution in [0.2, 0.25) is 0 Å². The molecule has 2 rings (SSSR count). The average molecular weight is 178 g/mol. The van der Waals surface area contributed by atoms with Crippen LogP contribution < -0.4 is 0 Å². The normalized spacial score (nSPS) is 21.2. The van der Waals surface area contributed by atoms with Gasteiger partial charge < -0.3 is 4.74 Å². The first kappa shape index (κ1) is 8.63. The summed E-state index contributed by atoms with van der Waals surface area (Å²) in [5.41, 5.74) is 2.46. The van der Waals surface area contributed by atoms with E-state index >= 15 is 0 Å². The zero-order valence-corrected chi connectivity index (χ0v) is 8.08. The quantitative estimate of drug-likeness (QED) is 0.650. The van der Waals surface area contributed by atoms with Crippen LogP contribution in [0.25, 0.3) is 0 Å². The van der Waals surface area contributed by atoms with E-state index in [0.29, 0.717) is 6.10 Å². The van der Waals surface area contributed by atoms with Crippen LogP contribution in [0.1, 0.15) is 23.5 Å². The fourth-order valence-electron chi connectivity index (χ4n) is 1.78. The lowest BCUT2D eigenvalue weighted by atomic mass is 9.95. The third kappa shape index (κ3) is 1.70. The maximum Gasteiger partial charge on any atom is 0.125 e. The Morgan fingerprint density at radius 1 is 1.54 bits per heavy atom. The van der Waals surface area contributed by atoms with E-state index in [2.05, 4.69) is 9.97 Å². The fraction of sp³-hybridized carbons (Fsp3) is 0.600. The van der Waals surface area contributed by atoms with Gasteiger partial charge in [-0.2, -0.15) is 0 Å². The van der Waals surface area contributed by atoms with Crippen LogP contribution in [0.4, 0.5) is 0 Å². The average Bonchev–Trinajstić information content (AvgIpc) is 2.17. The molecule has 0 saturated heterocycles. The Labute approximate surface area is 78.2 Å². The second-order valence-corrected chi connectivity index (χ2v) is 3.49. The summed E-state index contributed by atoms with van der Waals surface area (Å²) >= 11 is 0. The molecule has 1 aromatic heterocycles. The lowest BCUT2D eigenvalue weighted by molar-refractivity contribution is 0.0903. The summed E-state index contributed by atoms with van der Waals surface area (Å²) in [6.45, 7) is 1.93. The molecule has 0 aromatic carbocycles. The maximum atomic E-state index is 5.32. The Bertz CT molecular complexity index is 312. The first-order valence-corrected chi connectivity index (χ1v) is 4.64. The van der Waals surface area contributed by atoms with E-state index in [4.69, 9.17) is 4.74 Å². The van der Waals surface area contributed by atoms with E-state index in [1.165, 1.54) is 11.3 Å². The SMILES string of the molecule is COC1CCc2nc(C)ncc2C1. The first-order valence-electron chi connectivity index (χ1n) is 4.64. The summed E-state index contributed by atoms with van der Waals surface area (Å²) in [5, 5.41) is 0. The molecule has 13 heavy (non-hydrogen) atoms. The minimum absolute atomic E-state index is 0.360. The smallest absolute Gasteiger partial charge is 0.125 e. The Balaban J connectivity index is 2.26. The number of aryl methyl sites for hydroxylation is 2. The van der Waals surface area contributed by atoms with Gasteiger partial charge in [-0.3, -0.25) is 0 Å². The van der Waals surface area contributed by atoms with E-state index in [9.17, 15) is 0 Å². The highest BCUT2D eigenvalue weighted by Gasteiger charge is 2.19. The largest absolute Gasteiger partial charge is 0.381 e. The van der Waals surface area contributed by atoms with E-state index in [-0.39, 0.29) is 0 Å². The van der Waals surface area contributed by atoms with Gasteiger partial charge in [-0.25, -0.2) is 9.97 Å². The monoisotopic (exact) mass is 178 g/mol. The van der Waals surface area contributed by atoms with Crippen molar-refractivity contribution in [2.75, 3.05) is 7.11 Å². The van der Waals surface area contributed by atoms with Gasteiger partial charge in [0, 0.05) is 25.4 Å². The number of ether oxygens (including phenoxy) is 1. The summed E-state index contributed by atoms with van der Waals surface area (Å²) in [6, 6.07) is 0. The molecule has 1 aromatic rings. The van der Waals surface area contributed by atoms with Crippen molar-refractivity contribution in [3.8, 4) is 0 Å². The molecule has 1 aliphatic carbocycles. The van der Waals surface area contributed by atoms with Crippen molar-refractivity contribution in [1.29, 1.82) is 0 Å². The van der Waals surface area contributed by atoms with E-state index in [0.717, 1.165) is 25.1 Å². The molecule has 70 valence electrons. The third-order valence-corrected chi connectivity index (χ3v) is 2.56. The highest BCUT2D eigenvalue weighted by Crippen LogP contribution is 2.20. The van der Waals surface area contributed by atoms with Gasteiger partial charge in [0.1, 0.15) is 5.82 Å². The van der Waals surface area contributed by atoms with Crippen LogP contribution in [0.5, 0.6) is 0 Å². The standard InChI is InChI=1S/C10H14N2O/c1-7-11-6-8-5-9(13-2)3-4-10(8)12-7/h6,9H,3-5H2,1-2H3. The van der Waals surface area contributed by atoms with Crippen molar-refractivity contribution in [3.05, 3.63) is 23.3 Å². The van der Waals surface area contributed by atoms with Gasteiger partial charge >= 0.3 is 0 Å².